The molecule has 1 heterocycles. The summed E-state index contributed by atoms with van der Waals surface area (Å²) in [6.07, 6.45) is 0.824. The Morgan fingerprint density at radius 3 is 2.41 bits per heavy atom. The van der Waals surface area contributed by atoms with E-state index in [1.54, 1.807) is 11.8 Å². The lowest BCUT2D eigenvalue weighted by Crippen LogP contribution is -2.41. The fourth-order valence-corrected chi connectivity index (χ4v) is 3.75. The lowest BCUT2D eigenvalue weighted by molar-refractivity contribution is 0.103. The number of benzene rings is 1. The zero-order valence-corrected chi connectivity index (χ0v) is 18.3. The van der Waals surface area contributed by atoms with Crippen LogP contribution in [0.25, 0.3) is 5.69 Å². The molecule has 0 fully saturated rings. The Bertz CT molecular complexity index is 739. The van der Waals surface area contributed by atoms with Gasteiger partial charge in [-0.2, -0.15) is 0 Å². The molecule has 0 aliphatic carbocycles. The second-order valence-corrected chi connectivity index (χ2v) is 12.8. The maximum Gasteiger partial charge on any atom is 0.238 e. The summed E-state index contributed by atoms with van der Waals surface area (Å²) in [6, 6.07) is 9.76. The number of nitrogen functional groups attached to an aromatic ring is 1. The smallest absolute Gasteiger partial charge is 0.238 e. The van der Waals surface area contributed by atoms with Gasteiger partial charge in [0, 0.05) is 13.0 Å². The molecule has 0 spiro atoms. The summed E-state index contributed by atoms with van der Waals surface area (Å²) in [5, 5.41) is 4.40. The third kappa shape index (κ3) is 5.12. The predicted molar refractivity (Wildman–Crippen MR) is 112 cm³/mol. The van der Waals surface area contributed by atoms with Crippen molar-refractivity contribution < 1.29 is 14.3 Å². The molecule has 2 aromatic rings. The molecule has 2 rings (SSSR count). The van der Waals surface area contributed by atoms with Crippen LogP contribution in [0.4, 0.5) is 5.82 Å². The van der Waals surface area contributed by atoms with Crippen molar-refractivity contribution in [1.82, 2.24) is 9.78 Å². The van der Waals surface area contributed by atoms with Crippen molar-refractivity contribution in [2.45, 2.75) is 45.3 Å². The lowest BCUT2D eigenvalue weighted by Gasteiger charge is -2.37. The number of aromatic nitrogens is 2. The van der Waals surface area contributed by atoms with Gasteiger partial charge in [0.05, 0.1) is 24.5 Å². The van der Waals surface area contributed by atoms with Crippen LogP contribution in [0.5, 0.6) is 5.88 Å². The van der Waals surface area contributed by atoms with Crippen molar-refractivity contribution >= 4 is 14.1 Å². The van der Waals surface area contributed by atoms with Crippen LogP contribution in [0.1, 0.15) is 25.8 Å². The Morgan fingerprint density at radius 2 is 1.85 bits per heavy atom. The summed E-state index contributed by atoms with van der Waals surface area (Å²) in [6.45, 7) is 11.1. The Kier molecular flexibility index (Phi) is 6.72. The highest BCUT2D eigenvalue weighted by Gasteiger charge is 2.39. The molecule has 27 heavy (non-hydrogen) atoms. The average molecular weight is 392 g/mol. The summed E-state index contributed by atoms with van der Waals surface area (Å²) in [4.78, 5) is 10.6. The average Bonchev–Trinajstić information content (AvgIpc) is 2.88. The SMILES string of the molecule is COC[C@H](COc1nn(-c2ccccc2)c(N)c1C)CC(C)(C)[Si](C)(C)O. The van der Waals surface area contributed by atoms with Crippen LogP contribution < -0.4 is 10.5 Å². The summed E-state index contributed by atoms with van der Waals surface area (Å²) in [5.74, 6) is 1.27. The van der Waals surface area contributed by atoms with Gasteiger partial charge in [0.15, 0.2) is 8.32 Å². The van der Waals surface area contributed by atoms with Crippen LogP contribution in [0, 0.1) is 12.8 Å². The van der Waals surface area contributed by atoms with Crippen LogP contribution in [0.3, 0.4) is 0 Å². The normalized spacial score (nSPS) is 13.6. The van der Waals surface area contributed by atoms with E-state index < -0.39 is 8.32 Å². The van der Waals surface area contributed by atoms with Gasteiger partial charge < -0.3 is 20.0 Å². The van der Waals surface area contributed by atoms with E-state index in [-0.39, 0.29) is 11.0 Å². The lowest BCUT2D eigenvalue weighted by atomic mass is 9.97. The predicted octanol–water partition coefficient (Wildman–Crippen LogP) is 3.77. The van der Waals surface area contributed by atoms with Gasteiger partial charge >= 0.3 is 0 Å². The fraction of sp³-hybridized carbons (Fsp3) is 0.550. The van der Waals surface area contributed by atoms with E-state index in [4.69, 9.17) is 15.2 Å². The first-order valence-corrected chi connectivity index (χ1v) is 12.3. The highest BCUT2D eigenvalue weighted by molar-refractivity contribution is 6.72. The minimum absolute atomic E-state index is 0.142. The van der Waals surface area contributed by atoms with E-state index in [0.29, 0.717) is 24.9 Å². The number of methoxy groups -OCH3 is 1. The molecule has 3 N–H and O–H groups in total. The molecular formula is C20H33N3O3Si. The van der Waals surface area contributed by atoms with Gasteiger partial charge in [-0.05, 0) is 43.6 Å². The van der Waals surface area contributed by atoms with Crippen LogP contribution in [-0.2, 0) is 4.74 Å². The summed E-state index contributed by atoms with van der Waals surface area (Å²) < 4.78 is 13.1. The molecule has 1 aromatic heterocycles. The van der Waals surface area contributed by atoms with E-state index in [0.717, 1.165) is 17.7 Å². The number of para-hydroxylation sites is 1. The molecular weight excluding hydrogens is 358 g/mol. The number of anilines is 1. The zero-order valence-electron chi connectivity index (χ0n) is 17.3. The van der Waals surface area contributed by atoms with E-state index >= 15 is 0 Å². The standard InChI is InChI=1S/C20H33N3O3Si/c1-15-18(21)23(17-10-8-7-9-11-17)22-19(15)26-14-16(13-25-4)12-20(2,3)27(5,6)24/h7-11,16,24H,12-14,21H2,1-6H3/t16-/m1/s1. The number of nitrogens with zero attached hydrogens (tertiary/aromatic N) is 2. The Morgan fingerprint density at radius 1 is 1.22 bits per heavy atom. The molecule has 1 aromatic carbocycles. The van der Waals surface area contributed by atoms with Gasteiger partial charge in [-0.15, -0.1) is 5.10 Å². The largest absolute Gasteiger partial charge is 0.476 e. The summed E-state index contributed by atoms with van der Waals surface area (Å²) in [7, 11) is -0.606. The van der Waals surface area contributed by atoms with Crippen LogP contribution in [-0.4, -0.2) is 43.2 Å². The minimum atomic E-state index is -2.30. The molecule has 1 atom stereocenters. The van der Waals surface area contributed by atoms with Gasteiger partial charge in [-0.1, -0.05) is 32.0 Å². The minimum Gasteiger partial charge on any atom is -0.476 e. The van der Waals surface area contributed by atoms with Crippen molar-refractivity contribution in [2.24, 2.45) is 5.92 Å². The first-order chi connectivity index (χ1) is 12.6. The van der Waals surface area contributed by atoms with Crippen LogP contribution in [0.15, 0.2) is 30.3 Å². The molecule has 7 heteroatoms. The second kappa shape index (κ2) is 8.46. The molecule has 0 aliphatic rings. The van der Waals surface area contributed by atoms with Gasteiger partial charge in [0.1, 0.15) is 5.82 Å². The number of nitrogens with two attached hydrogens (primary N) is 1. The first kappa shape index (κ1) is 21.5. The quantitative estimate of drug-likeness (QED) is 0.636. The third-order valence-corrected chi connectivity index (χ3v) is 8.95. The molecule has 0 radical (unpaired) electrons. The molecule has 150 valence electrons. The monoisotopic (exact) mass is 391 g/mol. The van der Waals surface area contributed by atoms with E-state index in [1.807, 2.05) is 50.3 Å². The first-order valence-electron chi connectivity index (χ1n) is 9.31. The van der Waals surface area contributed by atoms with E-state index in [9.17, 15) is 4.80 Å². The van der Waals surface area contributed by atoms with Gasteiger partial charge in [-0.3, -0.25) is 0 Å². The molecule has 0 unspecified atom stereocenters. The highest BCUT2D eigenvalue weighted by atomic mass is 28.4. The van der Waals surface area contributed by atoms with Crippen molar-refractivity contribution in [1.29, 1.82) is 0 Å². The third-order valence-electron chi connectivity index (χ3n) is 5.44. The number of rotatable bonds is 9. The highest BCUT2D eigenvalue weighted by Crippen LogP contribution is 2.41. The van der Waals surface area contributed by atoms with Gasteiger partial charge in [0.2, 0.25) is 5.88 Å². The van der Waals surface area contributed by atoms with Crippen LogP contribution >= 0.6 is 0 Å². The molecule has 6 nitrogen and oxygen atoms in total. The van der Waals surface area contributed by atoms with E-state index in [2.05, 4.69) is 18.9 Å². The summed E-state index contributed by atoms with van der Waals surface area (Å²) in [5.41, 5.74) is 7.95. The van der Waals surface area contributed by atoms with Gasteiger partial charge in [-0.25, -0.2) is 4.68 Å². The number of hydrogen-bond donors (Lipinski definition) is 2. The molecule has 0 aliphatic heterocycles. The molecule has 0 amide bonds. The fourth-order valence-electron chi connectivity index (χ4n) is 2.96. The van der Waals surface area contributed by atoms with E-state index in [1.165, 1.54) is 0 Å². The second-order valence-electron chi connectivity index (χ2n) is 8.34. The van der Waals surface area contributed by atoms with Crippen molar-refractivity contribution in [3.63, 3.8) is 0 Å². The topological polar surface area (TPSA) is 82.5 Å². The van der Waals surface area contributed by atoms with Crippen LogP contribution in [0.2, 0.25) is 18.1 Å². The maximum atomic E-state index is 10.6. The van der Waals surface area contributed by atoms with Gasteiger partial charge in [0.25, 0.3) is 0 Å². The molecule has 0 saturated heterocycles. The van der Waals surface area contributed by atoms with Crippen molar-refractivity contribution in [3.05, 3.63) is 35.9 Å². The Balaban J connectivity index is 2.14. The Labute approximate surface area is 163 Å². The van der Waals surface area contributed by atoms with Crippen molar-refractivity contribution in [3.8, 4) is 11.6 Å². The number of ether oxygens (including phenoxy) is 2. The Hall–Kier alpha value is -1.83. The zero-order chi connectivity index (χ0) is 20.2. The van der Waals surface area contributed by atoms with Crippen molar-refractivity contribution in [2.75, 3.05) is 26.1 Å². The molecule has 0 saturated carbocycles. The number of hydrogen-bond acceptors (Lipinski definition) is 5. The summed E-state index contributed by atoms with van der Waals surface area (Å²) >= 11 is 0. The molecule has 0 bridgehead atoms. The maximum absolute atomic E-state index is 10.6.